The van der Waals surface area contributed by atoms with E-state index in [1.807, 2.05) is 38.5 Å². The van der Waals surface area contributed by atoms with Crippen LogP contribution >= 0.6 is 11.8 Å². The summed E-state index contributed by atoms with van der Waals surface area (Å²) in [4.78, 5) is 23.3. The van der Waals surface area contributed by atoms with Crippen molar-refractivity contribution in [2.75, 3.05) is 32.3 Å². The van der Waals surface area contributed by atoms with Crippen molar-refractivity contribution in [2.45, 2.75) is 12.1 Å². The number of carbonyl (C=O) groups excluding carboxylic acids is 1. The van der Waals surface area contributed by atoms with Gasteiger partial charge in [0.05, 0.1) is 24.2 Å². The minimum atomic E-state index is -0.472. The Labute approximate surface area is 151 Å². The lowest BCUT2D eigenvalue weighted by atomic mass is 10.2. The summed E-state index contributed by atoms with van der Waals surface area (Å²) in [5.41, 5.74) is 1.51. The molecule has 25 heavy (non-hydrogen) atoms. The van der Waals surface area contributed by atoms with E-state index < -0.39 is 5.97 Å². The highest BCUT2D eigenvalue weighted by atomic mass is 32.2. The van der Waals surface area contributed by atoms with Gasteiger partial charge < -0.3 is 15.0 Å². The number of aromatic nitrogens is 4. The van der Waals surface area contributed by atoms with Gasteiger partial charge in [-0.3, -0.25) is 4.68 Å². The molecule has 2 aromatic heterocycles. The molecule has 8 nitrogen and oxygen atoms in total. The van der Waals surface area contributed by atoms with Crippen LogP contribution in [-0.2, 0) is 11.8 Å². The largest absolute Gasteiger partial charge is 0.462 e. The zero-order valence-corrected chi connectivity index (χ0v) is 15.8. The molecule has 2 heterocycles. The summed E-state index contributed by atoms with van der Waals surface area (Å²) in [5.74, 6) is -0.0795. The fourth-order valence-corrected chi connectivity index (χ4v) is 2.38. The number of aryl methyl sites for hydroxylation is 1. The van der Waals surface area contributed by atoms with Gasteiger partial charge in [-0.15, -0.1) is 0 Å². The van der Waals surface area contributed by atoms with Crippen molar-refractivity contribution in [3.05, 3.63) is 29.9 Å². The average Bonchev–Trinajstić information content (AvgIpc) is 2.97. The number of hydrogen-bond acceptors (Lipinski definition) is 8. The highest BCUT2D eigenvalue weighted by Gasteiger charge is 2.21. The Bertz CT molecular complexity index is 772. The molecule has 0 unspecified atom stereocenters. The highest BCUT2D eigenvalue weighted by molar-refractivity contribution is 7.98. The van der Waals surface area contributed by atoms with Crippen LogP contribution in [0, 0.1) is 0 Å². The van der Waals surface area contributed by atoms with Crippen molar-refractivity contribution in [1.29, 1.82) is 0 Å². The number of rotatable bonds is 7. The first-order chi connectivity index (χ1) is 11.9. The lowest BCUT2D eigenvalue weighted by molar-refractivity contribution is 0.0526. The van der Waals surface area contributed by atoms with Crippen molar-refractivity contribution in [3.8, 4) is 0 Å². The second-order valence-corrected chi connectivity index (χ2v) is 6.12. The molecule has 0 amide bonds. The van der Waals surface area contributed by atoms with E-state index in [0.29, 0.717) is 22.2 Å². The first-order valence-electron chi connectivity index (χ1n) is 7.68. The van der Waals surface area contributed by atoms with Crippen molar-refractivity contribution >= 4 is 35.3 Å². The lowest BCUT2D eigenvalue weighted by Gasteiger charge is -2.13. The summed E-state index contributed by atoms with van der Waals surface area (Å²) in [5, 5.41) is 7.81. The van der Waals surface area contributed by atoms with Gasteiger partial charge in [-0.25, -0.2) is 14.8 Å². The summed E-state index contributed by atoms with van der Waals surface area (Å²) in [6.45, 7) is 2.03. The van der Waals surface area contributed by atoms with Gasteiger partial charge in [0.15, 0.2) is 5.16 Å². The molecule has 9 heteroatoms. The predicted octanol–water partition coefficient (Wildman–Crippen LogP) is 2.38. The van der Waals surface area contributed by atoms with Crippen molar-refractivity contribution in [2.24, 2.45) is 7.05 Å². The maximum Gasteiger partial charge on any atom is 0.344 e. The topological polar surface area (TPSA) is 85.2 Å². The van der Waals surface area contributed by atoms with E-state index in [4.69, 9.17) is 4.74 Å². The summed E-state index contributed by atoms with van der Waals surface area (Å²) < 4.78 is 6.86. The van der Waals surface area contributed by atoms with Crippen LogP contribution in [0.4, 0.5) is 11.5 Å². The number of nitrogens with zero attached hydrogens (tertiary/aromatic N) is 5. The van der Waals surface area contributed by atoms with Gasteiger partial charge in [0.25, 0.3) is 0 Å². The summed E-state index contributed by atoms with van der Waals surface area (Å²) in [7, 11) is 5.61. The number of nitrogens with one attached hydrogen (secondary N) is 1. The molecule has 0 aliphatic carbocycles. The molecule has 1 N–H and O–H groups in total. The van der Waals surface area contributed by atoms with Gasteiger partial charge in [0, 0.05) is 33.5 Å². The molecule has 0 radical (unpaired) electrons. The van der Waals surface area contributed by atoms with E-state index >= 15 is 0 Å². The highest BCUT2D eigenvalue weighted by Crippen LogP contribution is 2.25. The molecular formula is C16H22N6O2S. The molecule has 0 aliphatic rings. The predicted molar refractivity (Wildman–Crippen MR) is 99.0 cm³/mol. The Morgan fingerprint density at radius 1 is 1.44 bits per heavy atom. The van der Waals surface area contributed by atoms with Crippen LogP contribution < -0.4 is 5.32 Å². The number of thioether (sulfide) groups is 1. The maximum atomic E-state index is 12.5. The molecule has 2 rings (SSSR count). The Morgan fingerprint density at radius 3 is 2.76 bits per heavy atom. The zero-order chi connectivity index (χ0) is 18.4. The van der Waals surface area contributed by atoms with Crippen LogP contribution in [0.1, 0.15) is 23.0 Å². The molecule has 0 aliphatic heterocycles. The standard InChI is InChI=1S/C16H22N6O2S/c1-6-24-15(23)13-12(7-8-21(2)3)19-16(25-5)20-14(13)18-11-9-17-22(4)10-11/h7-10H,6H2,1-5H3,(H,18,19,20)/b8-7+. The van der Waals surface area contributed by atoms with E-state index in [2.05, 4.69) is 20.4 Å². The molecule has 0 bridgehead atoms. The van der Waals surface area contributed by atoms with Gasteiger partial charge in [0.1, 0.15) is 11.4 Å². The van der Waals surface area contributed by atoms with E-state index in [1.165, 1.54) is 11.8 Å². The van der Waals surface area contributed by atoms with Crippen molar-refractivity contribution < 1.29 is 9.53 Å². The Morgan fingerprint density at radius 2 is 2.20 bits per heavy atom. The molecule has 134 valence electrons. The summed E-state index contributed by atoms with van der Waals surface area (Å²) in [6.07, 6.45) is 8.92. The Hall–Kier alpha value is -2.55. The first kappa shape index (κ1) is 18.8. The molecule has 0 atom stereocenters. The van der Waals surface area contributed by atoms with E-state index in [9.17, 15) is 4.79 Å². The number of carbonyl (C=O) groups is 1. The molecule has 0 fully saturated rings. The number of esters is 1. The number of ether oxygens (including phenoxy) is 1. The average molecular weight is 362 g/mol. The van der Waals surface area contributed by atoms with Gasteiger partial charge in [-0.1, -0.05) is 11.8 Å². The molecular weight excluding hydrogens is 340 g/mol. The summed E-state index contributed by atoms with van der Waals surface area (Å²) in [6, 6.07) is 0. The minimum absolute atomic E-state index is 0.270. The third-order valence-electron chi connectivity index (χ3n) is 3.08. The van der Waals surface area contributed by atoms with Gasteiger partial charge >= 0.3 is 5.97 Å². The summed E-state index contributed by atoms with van der Waals surface area (Å²) >= 11 is 1.40. The molecule has 0 saturated carbocycles. The van der Waals surface area contributed by atoms with Crippen LogP contribution in [-0.4, -0.2) is 57.6 Å². The van der Waals surface area contributed by atoms with Crippen LogP contribution in [0.3, 0.4) is 0 Å². The van der Waals surface area contributed by atoms with Gasteiger partial charge in [-0.2, -0.15) is 5.10 Å². The molecule has 0 saturated heterocycles. The van der Waals surface area contributed by atoms with Crippen molar-refractivity contribution in [3.63, 3.8) is 0 Å². The smallest absolute Gasteiger partial charge is 0.344 e. The van der Waals surface area contributed by atoms with Gasteiger partial charge in [0.2, 0.25) is 0 Å². The lowest BCUT2D eigenvalue weighted by Crippen LogP contribution is -2.14. The van der Waals surface area contributed by atoms with E-state index in [1.54, 1.807) is 30.1 Å². The van der Waals surface area contributed by atoms with E-state index in [0.717, 1.165) is 5.69 Å². The van der Waals surface area contributed by atoms with Crippen LogP contribution in [0.2, 0.25) is 0 Å². The van der Waals surface area contributed by atoms with Crippen LogP contribution in [0.5, 0.6) is 0 Å². The molecule has 2 aromatic rings. The Kier molecular flexibility index (Phi) is 6.40. The SMILES string of the molecule is CCOC(=O)c1c(/C=C/N(C)C)nc(SC)nc1Nc1cnn(C)c1. The number of hydrogen-bond donors (Lipinski definition) is 1. The molecule has 0 aromatic carbocycles. The Balaban J connectivity index is 2.56. The zero-order valence-electron chi connectivity index (χ0n) is 15.0. The van der Waals surface area contributed by atoms with Crippen LogP contribution in [0.25, 0.3) is 6.08 Å². The van der Waals surface area contributed by atoms with Crippen LogP contribution in [0.15, 0.2) is 23.8 Å². The van der Waals surface area contributed by atoms with E-state index in [-0.39, 0.29) is 6.61 Å². The maximum absolute atomic E-state index is 12.5. The van der Waals surface area contributed by atoms with Gasteiger partial charge in [-0.05, 0) is 19.3 Å². The minimum Gasteiger partial charge on any atom is -0.462 e. The number of anilines is 2. The quantitative estimate of drug-likeness (QED) is 0.456. The third-order valence-corrected chi connectivity index (χ3v) is 3.62. The normalized spacial score (nSPS) is 10.9. The monoisotopic (exact) mass is 362 g/mol. The third kappa shape index (κ3) is 4.96. The second-order valence-electron chi connectivity index (χ2n) is 5.35. The second kappa shape index (κ2) is 8.52. The molecule has 0 spiro atoms. The first-order valence-corrected chi connectivity index (χ1v) is 8.90. The fourth-order valence-electron chi connectivity index (χ4n) is 2.01. The fraction of sp³-hybridized carbons (Fsp3) is 0.375. The van der Waals surface area contributed by atoms with Crippen molar-refractivity contribution in [1.82, 2.24) is 24.6 Å².